The third-order valence-corrected chi connectivity index (χ3v) is 4.78. The number of carboxylic acids is 1. The Morgan fingerprint density at radius 1 is 1.26 bits per heavy atom. The molecule has 3 rings (SSSR count). The van der Waals surface area contributed by atoms with Crippen molar-refractivity contribution >= 4 is 27.8 Å². The van der Waals surface area contributed by atoms with Gasteiger partial charge in [-0.1, -0.05) is 28.1 Å². The molecule has 1 aliphatic rings. The van der Waals surface area contributed by atoms with Crippen LogP contribution in [0.5, 0.6) is 0 Å². The Kier molecular flexibility index (Phi) is 4.26. The molecule has 1 aromatic heterocycles. The largest absolute Gasteiger partial charge is 0.481 e. The third kappa shape index (κ3) is 3.03. The smallest absolute Gasteiger partial charge is 0.308 e. The van der Waals surface area contributed by atoms with Crippen molar-refractivity contribution in [3.05, 3.63) is 46.6 Å². The van der Waals surface area contributed by atoms with Crippen molar-refractivity contribution in [3.8, 4) is 11.3 Å². The lowest BCUT2D eigenvalue weighted by atomic mass is 10.1. The average Bonchev–Trinajstić information content (AvgIpc) is 3.13. The number of aliphatic carboxylic acids is 1. The fourth-order valence-electron chi connectivity index (χ4n) is 2.97. The number of carbonyl (C=O) groups excluding carboxylic acids is 1. The zero-order valence-electron chi connectivity index (χ0n) is 12.7. The van der Waals surface area contributed by atoms with Crippen molar-refractivity contribution in [1.29, 1.82) is 0 Å². The molecule has 1 aliphatic heterocycles. The fraction of sp³-hybridized carbons (Fsp3) is 0.294. The zero-order valence-corrected chi connectivity index (χ0v) is 14.3. The van der Waals surface area contributed by atoms with E-state index in [-0.39, 0.29) is 12.5 Å². The molecule has 2 heterocycles. The van der Waals surface area contributed by atoms with Gasteiger partial charge in [0, 0.05) is 30.3 Å². The number of benzene rings is 1. The van der Waals surface area contributed by atoms with Gasteiger partial charge in [0.2, 0.25) is 0 Å². The number of nitrogens with zero attached hydrogens (tertiary/aromatic N) is 2. The molecule has 1 atom stereocenters. The van der Waals surface area contributed by atoms with E-state index in [0.717, 1.165) is 15.7 Å². The van der Waals surface area contributed by atoms with Crippen LogP contribution in [0.1, 0.15) is 16.9 Å². The second-order valence-corrected chi connectivity index (χ2v) is 6.66. The van der Waals surface area contributed by atoms with Gasteiger partial charge in [0.25, 0.3) is 5.91 Å². The Bertz CT molecular complexity index is 769. The molecule has 0 aliphatic carbocycles. The highest BCUT2D eigenvalue weighted by molar-refractivity contribution is 9.10. The topological polar surface area (TPSA) is 62.5 Å². The Morgan fingerprint density at radius 3 is 2.70 bits per heavy atom. The molecule has 5 nitrogen and oxygen atoms in total. The highest BCUT2D eigenvalue weighted by Crippen LogP contribution is 2.26. The highest BCUT2D eigenvalue weighted by Gasteiger charge is 2.32. The van der Waals surface area contributed by atoms with E-state index in [2.05, 4.69) is 15.9 Å². The molecular weight excluding hydrogens is 360 g/mol. The van der Waals surface area contributed by atoms with Gasteiger partial charge in [-0.25, -0.2) is 0 Å². The van der Waals surface area contributed by atoms with Gasteiger partial charge in [-0.3, -0.25) is 9.59 Å². The van der Waals surface area contributed by atoms with E-state index < -0.39 is 11.9 Å². The number of likely N-dealkylation sites (tertiary alicyclic amines) is 1. The van der Waals surface area contributed by atoms with Crippen LogP contribution in [0.4, 0.5) is 0 Å². The van der Waals surface area contributed by atoms with Crippen molar-refractivity contribution in [2.45, 2.75) is 6.42 Å². The normalized spacial score (nSPS) is 17.5. The zero-order chi connectivity index (χ0) is 16.6. The van der Waals surface area contributed by atoms with Crippen molar-refractivity contribution in [2.24, 2.45) is 13.0 Å². The molecule has 0 radical (unpaired) electrons. The number of hydrogen-bond acceptors (Lipinski definition) is 2. The van der Waals surface area contributed by atoms with Crippen LogP contribution in [-0.4, -0.2) is 39.5 Å². The molecule has 1 fully saturated rings. The molecule has 0 bridgehead atoms. The molecule has 2 aromatic rings. The number of carboxylic acid groups (broad SMARTS) is 1. The summed E-state index contributed by atoms with van der Waals surface area (Å²) in [5, 5.41) is 9.07. The molecule has 0 spiro atoms. The van der Waals surface area contributed by atoms with Gasteiger partial charge >= 0.3 is 5.97 Å². The van der Waals surface area contributed by atoms with Crippen LogP contribution in [-0.2, 0) is 11.8 Å². The number of hydrogen-bond donors (Lipinski definition) is 1. The summed E-state index contributed by atoms with van der Waals surface area (Å²) in [5.41, 5.74) is 2.54. The first-order valence-corrected chi connectivity index (χ1v) is 8.20. The number of aromatic nitrogens is 1. The van der Waals surface area contributed by atoms with Crippen molar-refractivity contribution < 1.29 is 14.7 Å². The second-order valence-electron chi connectivity index (χ2n) is 5.75. The summed E-state index contributed by atoms with van der Waals surface area (Å²) >= 11 is 3.45. The van der Waals surface area contributed by atoms with Gasteiger partial charge in [-0.2, -0.15) is 0 Å². The molecule has 1 aromatic carbocycles. The second kappa shape index (κ2) is 6.20. The van der Waals surface area contributed by atoms with Crippen LogP contribution in [0.25, 0.3) is 11.3 Å². The van der Waals surface area contributed by atoms with E-state index in [9.17, 15) is 9.59 Å². The summed E-state index contributed by atoms with van der Waals surface area (Å²) in [6.45, 7) is 0.777. The van der Waals surface area contributed by atoms with E-state index in [1.807, 2.05) is 41.9 Å². The molecule has 120 valence electrons. The molecule has 23 heavy (non-hydrogen) atoms. The molecular formula is C17H17BrN2O3. The summed E-state index contributed by atoms with van der Waals surface area (Å²) in [6.07, 6.45) is 0.518. The van der Waals surface area contributed by atoms with E-state index in [0.29, 0.717) is 18.7 Å². The Morgan fingerprint density at radius 2 is 2.04 bits per heavy atom. The Balaban J connectivity index is 1.85. The Hall–Kier alpha value is -2.08. The maximum atomic E-state index is 12.7. The number of amides is 1. The first kappa shape index (κ1) is 15.8. The van der Waals surface area contributed by atoms with Crippen molar-refractivity contribution in [2.75, 3.05) is 13.1 Å². The first-order valence-electron chi connectivity index (χ1n) is 7.41. The van der Waals surface area contributed by atoms with Crippen molar-refractivity contribution in [3.63, 3.8) is 0 Å². The van der Waals surface area contributed by atoms with Crippen LogP contribution in [0.2, 0.25) is 0 Å². The van der Waals surface area contributed by atoms with Crippen LogP contribution < -0.4 is 0 Å². The van der Waals surface area contributed by atoms with Gasteiger partial charge in [0.15, 0.2) is 0 Å². The van der Waals surface area contributed by atoms with Crippen molar-refractivity contribution in [1.82, 2.24) is 9.47 Å². The lowest BCUT2D eigenvalue weighted by Gasteiger charge is -2.17. The predicted molar refractivity (Wildman–Crippen MR) is 90.2 cm³/mol. The lowest BCUT2D eigenvalue weighted by Crippen LogP contribution is -2.31. The molecule has 1 amide bonds. The fourth-order valence-corrected chi connectivity index (χ4v) is 3.37. The van der Waals surface area contributed by atoms with Crippen LogP contribution in [0.15, 0.2) is 40.9 Å². The molecule has 1 unspecified atom stereocenters. The monoisotopic (exact) mass is 376 g/mol. The summed E-state index contributed by atoms with van der Waals surface area (Å²) in [6, 6.07) is 11.6. The minimum absolute atomic E-state index is 0.113. The number of halogens is 1. The van der Waals surface area contributed by atoms with E-state index in [1.165, 1.54) is 0 Å². The van der Waals surface area contributed by atoms with Crippen LogP contribution in [0, 0.1) is 5.92 Å². The number of rotatable bonds is 3. The molecule has 6 heteroatoms. The quantitative estimate of drug-likeness (QED) is 0.895. The summed E-state index contributed by atoms with van der Waals surface area (Å²) in [7, 11) is 1.86. The first-order chi connectivity index (χ1) is 11.0. The van der Waals surface area contributed by atoms with Gasteiger partial charge in [-0.05, 0) is 36.2 Å². The predicted octanol–water partition coefficient (Wildman–Crippen LogP) is 3.00. The lowest BCUT2D eigenvalue weighted by molar-refractivity contribution is -0.141. The minimum atomic E-state index is -0.831. The van der Waals surface area contributed by atoms with E-state index in [1.54, 1.807) is 11.0 Å². The van der Waals surface area contributed by atoms with E-state index in [4.69, 9.17) is 5.11 Å². The van der Waals surface area contributed by atoms with Gasteiger partial charge < -0.3 is 14.6 Å². The maximum Gasteiger partial charge on any atom is 0.308 e. The Labute approximate surface area is 142 Å². The highest BCUT2D eigenvalue weighted by atomic mass is 79.9. The summed E-state index contributed by atoms with van der Waals surface area (Å²) in [4.78, 5) is 25.3. The van der Waals surface area contributed by atoms with Crippen LogP contribution in [0.3, 0.4) is 0 Å². The van der Waals surface area contributed by atoms with Gasteiger partial charge in [0.05, 0.1) is 5.92 Å². The van der Waals surface area contributed by atoms with Gasteiger partial charge in [0.1, 0.15) is 5.69 Å². The average molecular weight is 377 g/mol. The molecule has 1 N–H and O–H groups in total. The summed E-state index contributed by atoms with van der Waals surface area (Å²) in [5.74, 6) is -1.40. The van der Waals surface area contributed by atoms with Gasteiger partial charge in [-0.15, -0.1) is 0 Å². The van der Waals surface area contributed by atoms with Crippen LogP contribution >= 0.6 is 15.9 Å². The molecule has 1 saturated heterocycles. The standard InChI is InChI=1S/C17H17BrN2O3/c1-19-14(11-3-2-4-13(18)9-11)5-6-15(19)16(21)20-8-7-12(10-20)17(22)23/h2-6,9,12H,7-8,10H2,1H3,(H,22,23). The SMILES string of the molecule is Cn1c(C(=O)N2CCC(C(=O)O)C2)ccc1-c1cccc(Br)c1. The van der Waals surface area contributed by atoms with E-state index >= 15 is 0 Å². The maximum absolute atomic E-state index is 12.7. The minimum Gasteiger partial charge on any atom is -0.481 e. The number of carbonyl (C=O) groups is 2. The third-order valence-electron chi connectivity index (χ3n) is 4.29. The summed E-state index contributed by atoms with van der Waals surface area (Å²) < 4.78 is 2.84. The molecule has 0 saturated carbocycles.